The minimum atomic E-state index is 1.07. The van der Waals surface area contributed by atoms with E-state index in [1.165, 1.54) is 22.3 Å². The highest BCUT2D eigenvalue weighted by molar-refractivity contribution is 6.04. The fourth-order valence-electron chi connectivity index (χ4n) is 1.90. The molecule has 0 aliphatic rings. The fourth-order valence-corrected chi connectivity index (χ4v) is 1.90. The number of rotatable bonds is 2. The van der Waals surface area contributed by atoms with Gasteiger partial charge in [-0.25, -0.2) is 0 Å². The smallest absolute Gasteiger partial charge is 0.0392 e. The molecule has 0 saturated carbocycles. The third kappa shape index (κ3) is 2.44. The Balaban J connectivity index is 2.55. The van der Waals surface area contributed by atoms with Crippen molar-refractivity contribution in [1.29, 1.82) is 0 Å². The maximum atomic E-state index is 4.28. The second kappa shape index (κ2) is 4.96. The molecule has 0 aromatic heterocycles. The van der Waals surface area contributed by atoms with E-state index in [0.29, 0.717) is 0 Å². The standard InChI is InChI=1S/C16H17N/c1-12-8-10-14(11-9-12)16-7-5-4-6-15(16)13(2)17-3/h4-11H,1-3H3. The van der Waals surface area contributed by atoms with Gasteiger partial charge in [0.15, 0.2) is 0 Å². The van der Waals surface area contributed by atoms with Gasteiger partial charge in [0.1, 0.15) is 0 Å². The molecular weight excluding hydrogens is 206 g/mol. The lowest BCUT2D eigenvalue weighted by molar-refractivity contribution is 1.40. The summed E-state index contributed by atoms with van der Waals surface area (Å²) in [5, 5.41) is 0. The van der Waals surface area contributed by atoms with E-state index in [0.717, 1.165) is 5.71 Å². The Kier molecular flexibility index (Phi) is 3.38. The van der Waals surface area contributed by atoms with Crippen LogP contribution in [0.15, 0.2) is 53.5 Å². The van der Waals surface area contributed by atoms with Gasteiger partial charge < -0.3 is 0 Å². The Morgan fingerprint density at radius 3 is 2.24 bits per heavy atom. The van der Waals surface area contributed by atoms with Crippen molar-refractivity contribution in [1.82, 2.24) is 0 Å². The van der Waals surface area contributed by atoms with Gasteiger partial charge in [0, 0.05) is 18.3 Å². The Labute approximate surface area is 103 Å². The van der Waals surface area contributed by atoms with E-state index in [9.17, 15) is 0 Å². The van der Waals surface area contributed by atoms with Crippen molar-refractivity contribution >= 4 is 5.71 Å². The van der Waals surface area contributed by atoms with Gasteiger partial charge in [-0.15, -0.1) is 0 Å². The van der Waals surface area contributed by atoms with Crippen LogP contribution in [0, 0.1) is 6.92 Å². The summed E-state index contributed by atoms with van der Waals surface area (Å²) in [7, 11) is 1.83. The van der Waals surface area contributed by atoms with Gasteiger partial charge in [-0.2, -0.15) is 0 Å². The Bertz CT molecular complexity index is 536. The van der Waals surface area contributed by atoms with Gasteiger partial charge in [-0.1, -0.05) is 54.1 Å². The van der Waals surface area contributed by atoms with E-state index in [4.69, 9.17) is 0 Å². The molecule has 0 atom stereocenters. The first-order chi connectivity index (χ1) is 8.22. The molecule has 86 valence electrons. The van der Waals surface area contributed by atoms with Crippen LogP contribution < -0.4 is 0 Å². The molecule has 1 heteroatoms. The van der Waals surface area contributed by atoms with Crippen LogP contribution in [0.25, 0.3) is 11.1 Å². The Hall–Kier alpha value is -1.89. The molecule has 1 nitrogen and oxygen atoms in total. The van der Waals surface area contributed by atoms with E-state index >= 15 is 0 Å². The lowest BCUT2D eigenvalue weighted by Gasteiger charge is -2.09. The first-order valence-corrected chi connectivity index (χ1v) is 5.82. The monoisotopic (exact) mass is 223 g/mol. The predicted molar refractivity (Wildman–Crippen MR) is 74.8 cm³/mol. The van der Waals surface area contributed by atoms with Crippen LogP contribution in [-0.4, -0.2) is 12.8 Å². The van der Waals surface area contributed by atoms with Gasteiger partial charge in [-0.05, 0) is 25.0 Å². The quantitative estimate of drug-likeness (QED) is 0.680. The number of nitrogens with zero attached hydrogens (tertiary/aromatic N) is 1. The lowest BCUT2D eigenvalue weighted by atomic mass is 9.96. The molecule has 0 N–H and O–H groups in total. The zero-order valence-corrected chi connectivity index (χ0v) is 10.6. The zero-order valence-electron chi connectivity index (χ0n) is 10.6. The summed E-state index contributed by atoms with van der Waals surface area (Å²) in [6.07, 6.45) is 0. The summed E-state index contributed by atoms with van der Waals surface area (Å²) < 4.78 is 0. The molecule has 0 amide bonds. The molecule has 0 unspecified atom stereocenters. The molecule has 0 bridgehead atoms. The van der Waals surface area contributed by atoms with Crippen molar-refractivity contribution in [2.75, 3.05) is 7.05 Å². The van der Waals surface area contributed by atoms with Gasteiger partial charge >= 0.3 is 0 Å². The molecule has 17 heavy (non-hydrogen) atoms. The second-order valence-corrected chi connectivity index (χ2v) is 4.22. The molecule has 0 heterocycles. The van der Waals surface area contributed by atoms with Crippen LogP contribution in [0.3, 0.4) is 0 Å². The molecule has 0 radical (unpaired) electrons. The lowest BCUT2D eigenvalue weighted by Crippen LogP contribution is -1.97. The molecule has 0 fully saturated rings. The van der Waals surface area contributed by atoms with Gasteiger partial charge in [0.25, 0.3) is 0 Å². The van der Waals surface area contributed by atoms with E-state index in [1.807, 2.05) is 14.0 Å². The fraction of sp³-hybridized carbons (Fsp3) is 0.188. The highest BCUT2D eigenvalue weighted by Gasteiger charge is 2.05. The molecule has 0 aliphatic heterocycles. The number of aliphatic imine (C=N–C) groups is 1. The number of benzene rings is 2. The molecule has 0 spiro atoms. The van der Waals surface area contributed by atoms with Crippen LogP contribution in [0.4, 0.5) is 0 Å². The second-order valence-electron chi connectivity index (χ2n) is 4.22. The van der Waals surface area contributed by atoms with Crippen molar-refractivity contribution in [3.8, 4) is 11.1 Å². The number of aryl methyl sites for hydroxylation is 1. The summed E-state index contributed by atoms with van der Waals surface area (Å²) in [5.41, 5.74) is 6.05. The van der Waals surface area contributed by atoms with Crippen molar-refractivity contribution < 1.29 is 0 Å². The van der Waals surface area contributed by atoms with Gasteiger partial charge in [0.2, 0.25) is 0 Å². The van der Waals surface area contributed by atoms with E-state index < -0.39 is 0 Å². The van der Waals surface area contributed by atoms with Crippen molar-refractivity contribution in [2.45, 2.75) is 13.8 Å². The third-order valence-electron chi connectivity index (χ3n) is 3.01. The number of hydrogen-bond acceptors (Lipinski definition) is 1. The van der Waals surface area contributed by atoms with E-state index in [2.05, 4.69) is 60.4 Å². The third-order valence-corrected chi connectivity index (χ3v) is 3.01. The topological polar surface area (TPSA) is 12.4 Å². The molecule has 2 aromatic carbocycles. The SMILES string of the molecule is CN=C(C)c1ccccc1-c1ccc(C)cc1. The molecule has 2 aromatic rings. The van der Waals surface area contributed by atoms with Crippen LogP contribution in [0.2, 0.25) is 0 Å². The highest BCUT2D eigenvalue weighted by atomic mass is 14.7. The van der Waals surface area contributed by atoms with Crippen molar-refractivity contribution in [2.24, 2.45) is 4.99 Å². The average Bonchev–Trinajstić information content (AvgIpc) is 2.39. The summed E-state index contributed by atoms with van der Waals surface area (Å²) in [5.74, 6) is 0. The summed E-state index contributed by atoms with van der Waals surface area (Å²) >= 11 is 0. The summed E-state index contributed by atoms with van der Waals surface area (Å²) in [4.78, 5) is 4.28. The maximum absolute atomic E-state index is 4.28. The zero-order chi connectivity index (χ0) is 12.3. The molecular formula is C16H17N. The highest BCUT2D eigenvalue weighted by Crippen LogP contribution is 2.24. The minimum absolute atomic E-state index is 1.07. The first-order valence-electron chi connectivity index (χ1n) is 5.82. The van der Waals surface area contributed by atoms with Crippen molar-refractivity contribution in [3.05, 3.63) is 59.7 Å². The Morgan fingerprint density at radius 1 is 0.941 bits per heavy atom. The van der Waals surface area contributed by atoms with Crippen LogP contribution in [-0.2, 0) is 0 Å². The minimum Gasteiger partial charge on any atom is -0.293 e. The van der Waals surface area contributed by atoms with Crippen LogP contribution >= 0.6 is 0 Å². The van der Waals surface area contributed by atoms with E-state index in [-0.39, 0.29) is 0 Å². The van der Waals surface area contributed by atoms with E-state index in [1.54, 1.807) is 0 Å². The average molecular weight is 223 g/mol. The number of hydrogen-bond donors (Lipinski definition) is 0. The molecule has 2 rings (SSSR count). The molecule has 0 aliphatic carbocycles. The van der Waals surface area contributed by atoms with Crippen LogP contribution in [0.1, 0.15) is 18.1 Å². The van der Waals surface area contributed by atoms with Crippen LogP contribution in [0.5, 0.6) is 0 Å². The van der Waals surface area contributed by atoms with Gasteiger partial charge in [-0.3, -0.25) is 4.99 Å². The maximum Gasteiger partial charge on any atom is 0.0392 e. The Morgan fingerprint density at radius 2 is 1.59 bits per heavy atom. The first kappa shape index (κ1) is 11.6. The van der Waals surface area contributed by atoms with Gasteiger partial charge in [0.05, 0.1) is 0 Å². The van der Waals surface area contributed by atoms with Crippen molar-refractivity contribution in [3.63, 3.8) is 0 Å². The predicted octanol–water partition coefficient (Wildman–Crippen LogP) is 4.10. The summed E-state index contributed by atoms with van der Waals surface area (Å²) in [6.45, 7) is 4.15. The normalized spacial score (nSPS) is 11.6. The summed E-state index contributed by atoms with van der Waals surface area (Å²) in [6, 6.07) is 17.0. The largest absolute Gasteiger partial charge is 0.293 e. The molecule has 0 saturated heterocycles.